The third-order valence-corrected chi connectivity index (χ3v) is 16.9. The first-order valence-electron chi connectivity index (χ1n) is 12.9. The molecule has 0 bridgehead atoms. The van der Waals surface area contributed by atoms with E-state index in [4.69, 9.17) is 0 Å². The molecule has 0 atom stereocenters. The Morgan fingerprint density at radius 2 is 0.556 bits per heavy atom. The average Bonchev–Trinajstić information content (AvgIpc) is 2.77. The fourth-order valence-corrected chi connectivity index (χ4v) is 17.4. The molecule has 0 N–H and O–H groups in total. The molecule has 0 aromatic rings. The summed E-state index contributed by atoms with van der Waals surface area (Å²) in [5, 5.41) is 0. The van der Waals surface area contributed by atoms with Crippen LogP contribution in [0.4, 0.5) is 0 Å². The molecule has 0 amide bonds. The van der Waals surface area contributed by atoms with Crippen LogP contribution in [0.1, 0.15) is 128 Å². The van der Waals surface area contributed by atoms with Gasteiger partial charge in [-0.3, -0.25) is 0 Å². The molecule has 2 heteroatoms. The lowest BCUT2D eigenvalue weighted by atomic mass is 9.99. The standard InChI is InChI=1S/C25H46P2/c1-5-13-22(14-6-1)26(23-15-7-2-8-16-23)21-27(24-17-9-3-10-18-24)25-19-11-4-12-20-25/h22-25H,1-21H2. The molecule has 156 valence electrons. The van der Waals surface area contributed by atoms with Gasteiger partial charge in [0.15, 0.2) is 0 Å². The molecular weight excluding hydrogens is 362 g/mol. The predicted molar refractivity (Wildman–Crippen MR) is 126 cm³/mol. The molecule has 0 heterocycles. The van der Waals surface area contributed by atoms with Crippen LogP contribution in [-0.4, -0.2) is 28.5 Å². The van der Waals surface area contributed by atoms with Crippen molar-refractivity contribution in [2.24, 2.45) is 0 Å². The van der Waals surface area contributed by atoms with E-state index in [-0.39, 0.29) is 0 Å². The summed E-state index contributed by atoms with van der Waals surface area (Å²) in [6.07, 6.45) is 31.8. The lowest BCUT2D eigenvalue weighted by Crippen LogP contribution is -2.26. The van der Waals surface area contributed by atoms with Crippen molar-refractivity contribution >= 4 is 15.8 Å². The number of hydrogen-bond donors (Lipinski definition) is 0. The molecule has 4 aliphatic carbocycles. The number of rotatable bonds is 6. The Bertz CT molecular complexity index is 325. The molecular formula is C25H46P2. The van der Waals surface area contributed by atoms with Gasteiger partial charge in [-0.15, -0.1) is 0 Å². The van der Waals surface area contributed by atoms with Gasteiger partial charge in [-0.25, -0.2) is 0 Å². The predicted octanol–water partition coefficient (Wildman–Crippen LogP) is 9.24. The van der Waals surface area contributed by atoms with Crippen LogP contribution in [0.5, 0.6) is 0 Å². The van der Waals surface area contributed by atoms with E-state index in [1.165, 1.54) is 22.6 Å². The minimum absolute atomic E-state index is 0.343. The fourth-order valence-electron chi connectivity index (χ4n) is 6.90. The van der Waals surface area contributed by atoms with Crippen LogP contribution in [0.2, 0.25) is 0 Å². The summed E-state index contributed by atoms with van der Waals surface area (Å²) in [6, 6.07) is 0. The molecule has 0 aromatic carbocycles. The molecule has 0 aromatic heterocycles. The van der Waals surface area contributed by atoms with Crippen molar-refractivity contribution in [3.63, 3.8) is 0 Å². The van der Waals surface area contributed by atoms with Gasteiger partial charge in [0, 0.05) is 0 Å². The third kappa shape index (κ3) is 5.94. The molecule has 0 saturated heterocycles. The highest BCUT2D eigenvalue weighted by atomic mass is 31.2. The summed E-state index contributed by atoms with van der Waals surface area (Å²) >= 11 is 0. The van der Waals surface area contributed by atoms with Crippen LogP contribution >= 0.6 is 15.8 Å². The van der Waals surface area contributed by atoms with Gasteiger partial charge >= 0.3 is 0 Å². The van der Waals surface area contributed by atoms with E-state index in [0.717, 1.165) is 0 Å². The Hall–Kier alpha value is 0.860. The van der Waals surface area contributed by atoms with E-state index in [9.17, 15) is 0 Å². The summed E-state index contributed by atoms with van der Waals surface area (Å²) in [6.45, 7) is 0. The molecule has 4 saturated carbocycles. The molecule has 0 unspecified atom stereocenters. The second kappa shape index (κ2) is 11.3. The zero-order chi connectivity index (χ0) is 18.3. The van der Waals surface area contributed by atoms with Crippen molar-refractivity contribution < 1.29 is 0 Å². The monoisotopic (exact) mass is 408 g/mol. The van der Waals surface area contributed by atoms with E-state index in [1.54, 1.807) is 134 Å². The lowest BCUT2D eigenvalue weighted by molar-refractivity contribution is 0.481. The highest BCUT2D eigenvalue weighted by Gasteiger charge is 2.37. The first-order valence-corrected chi connectivity index (χ1v) is 16.3. The van der Waals surface area contributed by atoms with Gasteiger partial charge in [0.1, 0.15) is 0 Å². The third-order valence-electron chi connectivity index (χ3n) is 8.50. The maximum absolute atomic E-state index is 1.79. The van der Waals surface area contributed by atoms with Gasteiger partial charge in [-0.1, -0.05) is 92.9 Å². The van der Waals surface area contributed by atoms with E-state index in [0.29, 0.717) is 15.8 Å². The summed E-state index contributed by atoms with van der Waals surface area (Å²) in [7, 11) is 0.686. The Balaban J connectivity index is 1.49. The zero-order valence-electron chi connectivity index (χ0n) is 18.1. The topological polar surface area (TPSA) is 0 Å². The fraction of sp³-hybridized carbons (Fsp3) is 1.00. The van der Waals surface area contributed by atoms with Crippen molar-refractivity contribution in [3.8, 4) is 0 Å². The molecule has 0 spiro atoms. The Morgan fingerprint density at radius 3 is 0.778 bits per heavy atom. The summed E-state index contributed by atoms with van der Waals surface area (Å²) in [4.78, 5) is 0. The normalized spacial score (nSPS) is 28.2. The van der Waals surface area contributed by atoms with Crippen LogP contribution in [0.15, 0.2) is 0 Å². The van der Waals surface area contributed by atoms with Crippen molar-refractivity contribution in [1.82, 2.24) is 0 Å². The second-order valence-electron chi connectivity index (χ2n) is 10.3. The Kier molecular flexibility index (Phi) is 8.84. The number of hydrogen-bond acceptors (Lipinski definition) is 0. The van der Waals surface area contributed by atoms with Crippen molar-refractivity contribution in [3.05, 3.63) is 0 Å². The van der Waals surface area contributed by atoms with Crippen LogP contribution in [0, 0.1) is 0 Å². The molecule has 0 aliphatic heterocycles. The summed E-state index contributed by atoms with van der Waals surface area (Å²) in [5.41, 5.74) is 4.76. The van der Waals surface area contributed by atoms with Crippen LogP contribution in [0.3, 0.4) is 0 Å². The largest absolute Gasteiger partial charge is 0.0959 e. The smallest absolute Gasteiger partial charge is 0.0111 e. The molecule has 0 nitrogen and oxygen atoms in total. The molecule has 4 fully saturated rings. The SMILES string of the molecule is C1CCC(P(CP(C2CCCCC2)C2CCCCC2)C2CCCCC2)CC1. The maximum atomic E-state index is 1.79. The van der Waals surface area contributed by atoms with Crippen molar-refractivity contribution in [2.75, 3.05) is 5.90 Å². The van der Waals surface area contributed by atoms with Gasteiger partial charge in [0.2, 0.25) is 0 Å². The summed E-state index contributed by atoms with van der Waals surface area (Å²) < 4.78 is 0. The minimum Gasteiger partial charge on any atom is -0.0959 e. The van der Waals surface area contributed by atoms with Gasteiger partial charge < -0.3 is 0 Å². The van der Waals surface area contributed by atoms with E-state index in [1.807, 2.05) is 0 Å². The minimum atomic E-state index is 0.343. The van der Waals surface area contributed by atoms with E-state index >= 15 is 0 Å². The quantitative estimate of drug-likeness (QED) is 0.384. The average molecular weight is 409 g/mol. The van der Waals surface area contributed by atoms with Crippen LogP contribution < -0.4 is 0 Å². The van der Waals surface area contributed by atoms with E-state index < -0.39 is 0 Å². The first-order chi connectivity index (χ1) is 13.4. The molecule has 4 rings (SSSR count). The molecule has 27 heavy (non-hydrogen) atoms. The Morgan fingerprint density at radius 1 is 0.333 bits per heavy atom. The zero-order valence-corrected chi connectivity index (χ0v) is 19.8. The van der Waals surface area contributed by atoms with Crippen molar-refractivity contribution in [1.29, 1.82) is 0 Å². The Labute approximate surface area is 172 Å². The molecule has 0 radical (unpaired) electrons. The van der Waals surface area contributed by atoms with Gasteiger partial charge in [0.05, 0.1) is 0 Å². The molecule has 4 aliphatic rings. The highest BCUT2D eigenvalue weighted by molar-refractivity contribution is 7.76. The van der Waals surface area contributed by atoms with Gasteiger partial charge in [-0.2, -0.15) is 0 Å². The van der Waals surface area contributed by atoms with Crippen molar-refractivity contribution in [2.45, 2.75) is 151 Å². The summed E-state index contributed by atoms with van der Waals surface area (Å²) in [5.74, 6) is 1.79. The maximum Gasteiger partial charge on any atom is -0.0111 e. The van der Waals surface area contributed by atoms with Gasteiger partial charge in [0.25, 0.3) is 0 Å². The van der Waals surface area contributed by atoms with E-state index in [2.05, 4.69) is 0 Å². The van der Waals surface area contributed by atoms with Crippen LogP contribution in [0.25, 0.3) is 0 Å². The first kappa shape index (κ1) is 21.1. The lowest BCUT2D eigenvalue weighted by Gasteiger charge is -2.45. The highest BCUT2D eigenvalue weighted by Crippen LogP contribution is 2.67. The van der Waals surface area contributed by atoms with Gasteiger partial charge in [-0.05, 0) is 79.9 Å². The second-order valence-corrected chi connectivity index (χ2v) is 16.4. The van der Waals surface area contributed by atoms with Crippen LogP contribution in [-0.2, 0) is 0 Å².